The van der Waals surface area contributed by atoms with Crippen molar-refractivity contribution in [2.24, 2.45) is 0 Å². The highest BCUT2D eigenvalue weighted by Gasteiger charge is 2.46. The molecule has 1 aromatic carbocycles. The molecule has 1 fully saturated rings. The van der Waals surface area contributed by atoms with E-state index in [1.807, 2.05) is 0 Å². The lowest BCUT2D eigenvalue weighted by Gasteiger charge is -2.42. The van der Waals surface area contributed by atoms with Gasteiger partial charge in [0.15, 0.2) is 5.82 Å². The number of halogens is 3. The Morgan fingerprint density at radius 1 is 1.33 bits per heavy atom. The predicted octanol–water partition coefficient (Wildman–Crippen LogP) is 2.75. The third-order valence-electron chi connectivity index (χ3n) is 3.41. The van der Waals surface area contributed by atoms with E-state index in [4.69, 9.17) is 0 Å². The summed E-state index contributed by atoms with van der Waals surface area (Å²) in [6.07, 6.45) is 0.316. The van der Waals surface area contributed by atoms with Crippen LogP contribution in [-0.2, 0) is 9.59 Å². The fraction of sp³-hybridized carbons (Fsp3) is 0.429. The molecule has 1 aliphatic rings. The summed E-state index contributed by atoms with van der Waals surface area (Å²) >= 11 is 3.07. The van der Waals surface area contributed by atoms with Gasteiger partial charge in [-0.3, -0.25) is 14.5 Å². The lowest BCUT2D eigenvalue weighted by molar-refractivity contribution is -0.137. The van der Waals surface area contributed by atoms with E-state index in [0.717, 1.165) is 11.0 Å². The van der Waals surface area contributed by atoms with Gasteiger partial charge in [-0.25, -0.2) is 8.78 Å². The summed E-state index contributed by atoms with van der Waals surface area (Å²) in [7, 11) is 0. The van der Waals surface area contributed by atoms with Crippen molar-refractivity contribution in [1.82, 2.24) is 5.32 Å². The van der Waals surface area contributed by atoms with Gasteiger partial charge in [0.25, 0.3) is 5.91 Å². The van der Waals surface area contributed by atoms with Crippen LogP contribution in [0.15, 0.2) is 16.6 Å². The molecule has 114 valence electrons. The van der Waals surface area contributed by atoms with E-state index in [2.05, 4.69) is 21.2 Å². The number of piperazine rings is 1. The number of carbonyl (C=O) groups is 2. The second kappa shape index (κ2) is 5.36. The van der Waals surface area contributed by atoms with Crippen molar-refractivity contribution in [2.75, 3.05) is 4.90 Å². The highest BCUT2D eigenvalue weighted by atomic mass is 79.9. The van der Waals surface area contributed by atoms with Crippen LogP contribution >= 0.6 is 15.9 Å². The molecule has 0 spiro atoms. The van der Waals surface area contributed by atoms with Crippen LogP contribution in [-0.4, -0.2) is 23.4 Å². The molecule has 4 nitrogen and oxygen atoms in total. The second-order valence-electron chi connectivity index (χ2n) is 5.43. The molecule has 1 saturated heterocycles. The van der Waals surface area contributed by atoms with Crippen molar-refractivity contribution in [2.45, 2.75) is 38.8 Å². The third-order valence-corrected chi connectivity index (χ3v) is 4.02. The summed E-state index contributed by atoms with van der Waals surface area (Å²) in [4.78, 5) is 25.8. The smallest absolute Gasteiger partial charge is 0.253 e. The zero-order chi connectivity index (χ0) is 15.9. The van der Waals surface area contributed by atoms with Crippen LogP contribution in [0.4, 0.5) is 14.5 Å². The lowest BCUT2D eigenvalue weighted by Crippen LogP contribution is -2.68. The zero-order valence-corrected chi connectivity index (χ0v) is 13.4. The van der Waals surface area contributed by atoms with E-state index in [-0.39, 0.29) is 16.1 Å². The summed E-state index contributed by atoms with van der Waals surface area (Å²) in [6.45, 7) is 4.81. The Morgan fingerprint density at radius 3 is 2.48 bits per heavy atom. The predicted molar refractivity (Wildman–Crippen MR) is 77.8 cm³/mol. The quantitative estimate of drug-likeness (QED) is 0.881. The fourth-order valence-corrected chi connectivity index (χ4v) is 2.99. The number of hydrogen-bond donors (Lipinski definition) is 1. The average molecular weight is 361 g/mol. The molecule has 1 N–H and O–H groups in total. The van der Waals surface area contributed by atoms with E-state index < -0.39 is 29.1 Å². The van der Waals surface area contributed by atoms with Crippen molar-refractivity contribution < 1.29 is 18.4 Å². The van der Waals surface area contributed by atoms with Gasteiger partial charge in [0.1, 0.15) is 17.4 Å². The van der Waals surface area contributed by atoms with Crippen LogP contribution in [0.5, 0.6) is 0 Å². The first-order chi connectivity index (χ1) is 9.69. The molecule has 0 bridgehead atoms. The summed E-state index contributed by atoms with van der Waals surface area (Å²) in [6, 6.07) is 0.930. The second-order valence-corrected chi connectivity index (χ2v) is 6.29. The van der Waals surface area contributed by atoms with Crippen molar-refractivity contribution in [3.63, 3.8) is 0 Å². The summed E-state index contributed by atoms with van der Waals surface area (Å²) in [5, 5.41) is 2.61. The van der Waals surface area contributed by atoms with Crippen molar-refractivity contribution in [3.05, 3.63) is 28.2 Å². The Kier molecular flexibility index (Phi) is 4.06. The van der Waals surface area contributed by atoms with Gasteiger partial charge < -0.3 is 5.32 Å². The maximum atomic E-state index is 14.2. The zero-order valence-electron chi connectivity index (χ0n) is 11.8. The van der Waals surface area contributed by atoms with Gasteiger partial charge in [0, 0.05) is 10.5 Å². The fourth-order valence-electron chi connectivity index (χ4n) is 2.39. The van der Waals surface area contributed by atoms with Gasteiger partial charge >= 0.3 is 0 Å². The van der Waals surface area contributed by atoms with Gasteiger partial charge in [-0.1, -0.05) is 6.92 Å². The number of anilines is 1. The Morgan fingerprint density at radius 2 is 1.95 bits per heavy atom. The number of carbonyl (C=O) groups excluding carboxylic acids is 2. The van der Waals surface area contributed by atoms with E-state index in [9.17, 15) is 18.4 Å². The molecular formula is C14H15BrF2N2O2. The first-order valence-electron chi connectivity index (χ1n) is 6.49. The molecule has 0 radical (unpaired) electrons. The maximum absolute atomic E-state index is 14.2. The summed E-state index contributed by atoms with van der Waals surface area (Å²) in [5.41, 5.74) is -1.26. The first-order valence-corrected chi connectivity index (χ1v) is 7.28. The Labute approximate surface area is 129 Å². The largest absolute Gasteiger partial charge is 0.340 e. The monoisotopic (exact) mass is 360 g/mol. The number of amides is 2. The number of nitrogens with zero attached hydrogens (tertiary/aromatic N) is 1. The van der Waals surface area contributed by atoms with Crippen molar-refractivity contribution in [3.8, 4) is 0 Å². The van der Waals surface area contributed by atoms with Gasteiger partial charge in [-0.05, 0) is 42.3 Å². The number of rotatable bonds is 2. The van der Waals surface area contributed by atoms with Crippen LogP contribution in [0.25, 0.3) is 0 Å². The van der Waals surface area contributed by atoms with Crippen LogP contribution < -0.4 is 10.2 Å². The molecule has 1 aromatic rings. The summed E-state index contributed by atoms with van der Waals surface area (Å²) in [5.74, 6) is -2.46. The normalized spacial score (nSPS) is 21.4. The first kappa shape index (κ1) is 15.9. The molecule has 1 unspecified atom stereocenters. The number of nitrogens with one attached hydrogen (secondary N) is 1. The highest BCUT2D eigenvalue weighted by Crippen LogP contribution is 2.35. The molecule has 0 aliphatic carbocycles. The number of hydrogen-bond acceptors (Lipinski definition) is 2. The van der Waals surface area contributed by atoms with Crippen LogP contribution in [0.1, 0.15) is 27.2 Å². The van der Waals surface area contributed by atoms with Gasteiger partial charge in [-0.2, -0.15) is 0 Å². The minimum atomic E-state index is -1.15. The molecule has 1 aliphatic heterocycles. The lowest BCUT2D eigenvalue weighted by atomic mass is 9.95. The molecule has 2 amide bonds. The molecule has 2 rings (SSSR count). The van der Waals surface area contributed by atoms with E-state index >= 15 is 0 Å². The molecular weight excluding hydrogens is 346 g/mol. The molecule has 0 aromatic heterocycles. The molecule has 1 atom stereocenters. The van der Waals surface area contributed by atoms with E-state index in [1.54, 1.807) is 20.8 Å². The van der Waals surface area contributed by atoms with Crippen LogP contribution in [0, 0.1) is 11.6 Å². The van der Waals surface area contributed by atoms with Crippen molar-refractivity contribution in [1.29, 1.82) is 0 Å². The molecule has 21 heavy (non-hydrogen) atoms. The Balaban J connectivity index is 2.63. The van der Waals surface area contributed by atoms with Crippen molar-refractivity contribution >= 4 is 33.4 Å². The van der Waals surface area contributed by atoms with Gasteiger partial charge in [-0.15, -0.1) is 0 Å². The number of benzene rings is 1. The van der Waals surface area contributed by atoms with Crippen LogP contribution in [0.3, 0.4) is 0 Å². The van der Waals surface area contributed by atoms with E-state index in [1.165, 1.54) is 0 Å². The minimum Gasteiger partial charge on any atom is -0.340 e. The average Bonchev–Trinajstić information content (AvgIpc) is 2.33. The summed E-state index contributed by atoms with van der Waals surface area (Å²) < 4.78 is 27.5. The van der Waals surface area contributed by atoms with Gasteiger partial charge in [0.2, 0.25) is 5.91 Å². The minimum absolute atomic E-state index is 0.0947. The third kappa shape index (κ3) is 2.66. The standard InChI is InChI=1S/C14H15BrF2N2O2/c1-4-10-12(20)18-14(2,3)13(21)19(10)11-8(15)5-7(16)6-9(11)17/h5-6,10H,4H2,1-3H3,(H,18,20). The molecule has 0 saturated carbocycles. The highest BCUT2D eigenvalue weighted by molar-refractivity contribution is 9.10. The molecule has 1 heterocycles. The Hall–Kier alpha value is -1.50. The Bertz CT molecular complexity index is 596. The van der Waals surface area contributed by atoms with E-state index in [0.29, 0.717) is 12.5 Å². The topological polar surface area (TPSA) is 49.4 Å². The SMILES string of the molecule is CCC1C(=O)NC(C)(C)C(=O)N1c1c(F)cc(F)cc1Br. The molecule has 7 heteroatoms. The van der Waals surface area contributed by atoms with Gasteiger partial charge in [0.05, 0.1) is 5.69 Å². The maximum Gasteiger partial charge on any atom is 0.253 e. The van der Waals surface area contributed by atoms with Crippen LogP contribution in [0.2, 0.25) is 0 Å².